The number of aliphatic hydroxyl groups is 8. The van der Waals surface area contributed by atoms with Crippen LogP contribution in [0.1, 0.15) is 6.92 Å². The number of nitrogens with zero attached hydrogens (tertiary/aromatic N) is 2. The highest BCUT2D eigenvalue weighted by molar-refractivity contribution is 5.76. The largest absolute Gasteiger partial charge is 0.394 e. The monoisotopic (exact) mass is 583 g/mol. The quantitative estimate of drug-likeness (QED) is 0.0716. The molecule has 0 radical (unpaired) electrons. The molecule has 3 fully saturated rings. The molecule has 230 valence electrons. The Morgan fingerprint density at radius 2 is 1.45 bits per heavy atom. The van der Waals surface area contributed by atoms with Crippen LogP contribution in [0.2, 0.25) is 0 Å². The zero-order chi connectivity index (χ0) is 30.3. The number of rotatable bonds is 8. The highest BCUT2D eigenvalue weighted by Gasteiger charge is 2.67. The average molecular weight is 584 g/mol. The van der Waals surface area contributed by atoms with Gasteiger partial charge >= 0.3 is 0 Å². The smallest absolute Gasteiger partial charge is 0.205 e. The lowest BCUT2D eigenvalue weighted by atomic mass is 9.81. The standard InChI is InChI=1S/C20H37N7O13/c1-19(35)20(36,3-29)14(39-15-5(21)9(31)8(30)4(2-28)37-15)16(40-19)38-13-7(27-18(24)25)10(32)6(26-17(22)23)11(33)12(13)34/h3-16,28,30-36H,2,21H2,1H3,(H4,22,23,26)(H4,24,25,27)/t4-,5?,6?,7-,8?,9+,10-,11?,12-,13?,14?,15?,16-,19+,20+/m1/s1. The minimum absolute atomic E-state index is 0.131. The third kappa shape index (κ3) is 5.72. The van der Waals surface area contributed by atoms with Crippen LogP contribution >= 0.6 is 0 Å². The number of hydrogen-bond donors (Lipinski definition) is 13. The number of carbonyl (C=O) groups excluding carboxylic acids is 1. The van der Waals surface area contributed by atoms with Gasteiger partial charge < -0.3 is 88.5 Å². The first-order chi connectivity index (χ1) is 18.5. The summed E-state index contributed by atoms with van der Waals surface area (Å²) in [7, 11) is 0. The number of hydrogen-bond acceptors (Lipinski definition) is 16. The first kappa shape index (κ1) is 32.2. The molecule has 2 heterocycles. The number of aliphatic imine (C=N–C) groups is 2. The first-order valence-electron chi connectivity index (χ1n) is 12.0. The van der Waals surface area contributed by atoms with Crippen molar-refractivity contribution in [3.8, 4) is 0 Å². The predicted molar refractivity (Wildman–Crippen MR) is 129 cm³/mol. The second-order valence-corrected chi connectivity index (χ2v) is 9.91. The van der Waals surface area contributed by atoms with Crippen molar-refractivity contribution >= 4 is 18.2 Å². The molecule has 0 aromatic rings. The Hall–Kier alpha value is -2.31. The number of nitrogens with two attached hydrogens (primary N) is 5. The first-order valence-corrected chi connectivity index (χ1v) is 12.0. The molecule has 3 aliphatic rings. The molecule has 0 spiro atoms. The van der Waals surface area contributed by atoms with E-state index in [1.54, 1.807) is 0 Å². The minimum atomic E-state index is -2.92. The van der Waals surface area contributed by atoms with Gasteiger partial charge in [0.05, 0.1) is 12.6 Å². The topological polar surface area (TPSA) is 371 Å². The summed E-state index contributed by atoms with van der Waals surface area (Å²) in [6, 6.07) is -4.64. The van der Waals surface area contributed by atoms with Crippen LogP contribution < -0.4 is 28.7 Å². The van der Waals surface area contributed by atoms with Crippen LogP contribution in [0.4, 0.5) is 0 Å². The summed E-state index contributed by atoms with van der Waals surface area (Å²) >= 11 is 0. The maximum Gasteiger partial charge on any atom is 0.205 e. The zero-order valence-electron chi connectivity index (χ0n) is 21.2. The maximum absolute atomic E-state index is 12.0. The van der Waals surface area contributed by atoms with E-state index in [4.69, 9.17) is 47.6 Å². The van der Waals surface area contributed by atoms with Gasteiger partial charge in [-0.15, -0.1) is 0 Å². The second-order valence-electron chi connectivity index (χ2n) is 9.91. The Labute approximate surface area is 226 Å². The van der Waals surface area contributed by atoms with Crippen LogP contribution in [0.5, 0.6) is 0 Å². The molecule has 0 aromatic carbocycles. The minimum Gasteiger partial charge on any atom is -0.394 e. The molecule has 18 N–H and O–H groups in total. The highest BCUT2D eigenvalue weighted by atomic mass is 16.8. The third-order valence-electron chi connectivity index (χ3n) is 7.12. The Morgan fingerprint density at radius 3 is 1.98 bits per heavy atom. The molecule has 0 aromatic heterocycles. The molecule has 3 rings (SSSR count). The molecule has 0 amide bonds. The molecule has 0 bridgehead atoms. The van der Waals surface area contributed by atoms with Crippen molar-refractivity contribution in [2.45, 2.75) is 97.8 Å². The fourth-order valence-corrected chi connectivity index (χ4v) is 4.83. The fraction of sp³-hybridized carbons (Fsp3) is 0.850. The van der Waals surface area contributed by atoms with Crippen molar-refractivity contribution in [2.24, 2.45) is 38.7 Å². The van der Waals surface area contributed by atoms with E-state index >= 15 is 0 Å². The molecule has 2 aliphatic heterocycles. The van der Waals surface area contributed by atoms with Gasteiger partial charge in [0.25, 0.3) is 0 Å². The number of aldehydes is 1. The molecule has 20 heteroatoms. The van der Waals surface area contributed by atoms with E-state index in [-0.39, 0.29) is 6.29 Å². The van der Waals surface area contributed by atoms with Gasteiger partial charge in [-0.3, -0.25) is 4.79 Å². The van der Waals surface area contributed by atoms with Gasteiger partial charge in [0.15, 0.2) is 36.9 Å². The van der Waals surface area contributed by atoms with E-state index in [1.165, 1.54) is 0 Å². The molecule has 7 unspecified atom stereocenters. The van der Waals surface area contributed by atoms with Crippen molar-refractivity contribution in [1.82, 2.24) is 0 Å². The van der Waals surface area contributed by atoms with Crippen LogP contribution in [0.15, 0.2) is 9.98 Å². The van der Waals surface area contributed by atoms with Gasteiger partial charge in [-0.25, -0.2) is 9.98 Å². The van der Waals surface area contributed by atoms with Crippen molar-refractivity contribution in [3.05, 3.63) is 0 Å². The summed E-state index contributed by atoms with van der Waals surface area (Å²) in [6.45, 7) is 0.0872. The fourth-order valence-electron chi connectivity index (χ4n) is 4.83. The van der Waals surface area contributed by atoms with Crippen LogP contribution in [-0.2, 0) is 23.7 Å². The normalized spacial score (nSPS) is 49.3. The summed E-state index contributed by atoms with van der Waals surface area (Å²) in [6.07, 6.45) is -18.0. The number of aliphatic hydroxyl groups excluding tert-OH is 6. The second kappa shape index (κ2) is 11.9. The molecule has 1 aliphatic carbocycles. The van der Waals surface area contributed by atoms with E-state index in [0.29, 0.717) is 0 Å². The van der Waals surface area contributed by atoms with E-state index in [1.807, 2.05) is 0 Å². The molecule has 15 atom stereocenters. The lowest BCUT2D eigenvalue weighted by Gasteiger charge is -2.45. The van der Waals surface area contributed by atoms with Gasteiger partial charge in [0.2, 0.25) is 11.4 Å². The van der Waals surface area contributed by atoms with Crippen molar-refractivity contribution in [2.75, 3.05) is 6.61 Å². The molecule has 1 saturated carbocycles. The SMILES string of the molecule is C[C@]1(O)O[C@@H](OC2[C@H](O)C(O)C(N=C(N)N)[C@@H](O)[C@H]2N=C(N)N)C(OC2O[C@H](CO)C(O)[C@@H](O)C2N)[C@@]1(O)C=O. The summed E-state index contributed by atoms with van der Waals surface area (Å²) in [5, 5.41) is 84.0. The van der Waals surface area contributed by atoms with Crippen LogP contribution in [0.25, 0.3) is 0 Å². The van der Waals surface area contributed by atoms with Gasteiger partial charge in [-0.05, 0) is 6.92 Å². The molecular formula is C20H37N7O13. The van der Waals surface area contributed by atoms with E-state index in [9.17, 15) is 45.6 Å². The van der Waals surface area contributed by atoms with Crippen LogP contribution in [0.3, 0.4) is 0 Å². The maximum atomic E-state index is 12.0. The average Bonchev–Trinajstić information content (AvgIpc) is 3.07. The van der Waals surface area contributed by atoms with E-state index < -0.39 is 109 Å². The lowest BCUT2D eigenvalue weighted by Crippen LogP contribution is -2.66. The summed E-state index contributed by atoms with van der Waals surface area (Å²) in [4.78, 5) is 19.5. The van der Waals surface area contributed by atoms with Gasteiger partial charge in [0, 0.05) is 0 Å². The molecular weight excluding hydrogens is 546 g/mol. The third-order valence-corrected chi connectivity index (χ3v) is 7.12. The van der Waals surface area contributed by atoms with Crippen LogP contribution in [0, 0.1) is 0 Å². The highest BCUT2D eigenvalue weighted by Crippen LogP contribution is 2.42. The Balaban J connectivity index is 1.99. The summed E-state index contributed by atoms with van der Waals surface area (Å²) in [5.41, 5.74) is 24.6. The van der Waals surface area contributed by atoms with E-state index in [2.05, 4.69) is 9.98 Å². The predicted octanol–water partition coefficient (Wildman–Crippen LogP) is -9.10. The molecule has 40 heavy (non-hydrogen) atoms. The van der Waals surface area contributed by atoms with Crippen molar-refractivity contribution in [1.29, 1.82) is 0 Å². The number of ether oxygens (including phenoxy) is 4. The molecule has 20 nitrogen and oxygen atoms in total. The Bertz CT molecular complexity index is 965. The van der Waals surface area contributed by atoms with E-state index in [0.717, 1.165) is 6.92 Å². The summed E-state index contributed by atoms with van der Waals surface area (Å²) in [5.74, 6) is -3.86. The lowest BCUT2D eigenvalue weighted by molar-refractivity contribution is -0.314. The van der Waals surface area contributed by atoms with Crippen molar-refractivity contribution < 1.29 is 64.6 Å². The Morgan fingerprint density at radius 1 is 0.875 bits per heavy atom. The van der Waals surface area contributed by atoms with Crippen molar-refractivity contribution in [3.63, 3.8) is 0 Å². The Kier molecular flexibility index (Phi) is 9.58. The number of guanidine groups is 2. The van der Waals surface area contributed by atoms with Gasteiger partial charge in [0.1, 0.15) is 54.8 Å². The van der Waals surface area contributed by atoms with Gasteiger partial charge in [-0.1, -0.05) is 0 Å². The molecule has 2 saturated heterocycles. The zero-order valence-corrected chi connectivity index (χ0v) is 21.2. The van der Waals surface area contributed by atoms with Crippen LogP contribution in [-0.4, -0.2) is 157 Å². The number of carbonyl (C=O) groups is 1. The van der Waals surface area contributed by atoms with Gasteiger partial charge in [-0.2, -0.15) is 0 Å². The summed E-state index contributed by atoms with van der Waals surface area (Å²) < 4.78 is 22.0.